The van der Waals surface area contributed by atoms with Crippen molar-refractivity contribution in [1.82, 2.24) is 9.21 Å². The molecular weight excluding hydrogens is 344 g/mol. The van der Waals surface area contributed by atoms with E-state index in [4.69, 9.17) is 0 Å². The third kappa shape index (κ3) is 2.79. The smallest absolute Gasteiger partial charge is 0.244 e. The first-order chi connectivity index (χ1) is 12.4. The van der Waals surface area contributed by atoms with E-state index >= 15 is 0 Å². The van der Waals surface area contributed by atoms with Crippen LogP contribution in [0.5, 0.6) is 0 Å². The molecule has 1 fully saturated rings. The van der Waals surface area contributed by atoms with Gasteiger partial charge in [0.15, 0.2) is 0 Å². The van der Waals surface area contributed by atoms with Gasteiger partial charge in [0, 0.05) is 13.1 Å². The summed E-state index contributed by atoms with van der Waals surface area (Å²) in [5, 5.41) is 0. The lowest BCUT2D eigenvalue weighted by atomic mass is 9.93. The van der Waals surface area contributed by atoms with Gasteiger partial charge in [-0.3, -0.25) is 4.90 Å². The normalized spacial score (nSPS) is 23.8. The highest BCUT2D eigenvalue weighted by atomic mass is 32.2. The minimum absolute atomic E-state index is 0.0975. The van der Waals surface area contributed by atoms with Crippen LogP contribution >= 0.6 is 0 Å². The maximum atomic E-state index is 13.4. The van der Waals surface area contributed by atoms with Crippen LogP contribution in [0, 0.1) is 12.8 Å². The van der Waals surface area contributed by atoms with Crippen molar-refractivity contribution in [1.29, 1.82) is 0 Å². The van der Waals surface area contributed by atoms with Crippen LogP contribution in [0.4, 0.5) is 0 Å². The highest BCUT2D eigenvalue weighted by Crippen LogP contribution is 2.42. The molecule has 0 bridgehead atoms. The number of nitrogens with zero attached hydrogens (tertiary/aromatic N) is 2. The van der Waals surface area contributed by atoms with E-state index in [1.54, 1.807) is 16.4 Å². The van der Waals surface area contributed by atoms with Gasteiger partial charge in [0.1, 0.15) is 0 Å². The first-order valence-electron chi connectivity index (χ1n) is 9.31. The van der Waals surface area contributed by atoms with Gasteiger partial charge in [-0.15, -0.1) is 0 Å². The molecule has 138 valence electrons. The molecule has 0 N–H and O–H groups in total. The Bertz CT molecular complexity index is 906. The van der Waals surface area contributed by atoms with Gasteiger partial charge >= 0.3 is 0 Å². The molecule has 26 heavy (non-hydrogen) atoms. The van der Waals surface area contributed by atoms with E-state index in [0.717, 1.165) is 18.5 Å². The maximum absolute atomic E-state index is 13.4. The largest absolute Gasteiger partial charge is 0.278 e. The summed E-state index contributed by atoms with van der Waals surface area (Å²) in [4.78, 5) is 2.78. The minimum Gasteiger partial charge on any atom is -0.278 e. The van der Waals surface area contributed by atoms with Gasteiger partial charge in [0.05, 0.1) is 17.1 Å². The van der Waals surface area contributed by atoms with Crippen LogP contribution in [0.1, 0.15) is 36.6 Å². The molecule has 0 radical (unpaired) electrons. The monoisotopic (exact) mass is 370 g/mol. The topological polar surface area (TPSA) is 40.6 Å². The van der Waals surface area contributed by atoms with Crippen molar-refractivity contribution < 1.29 is 8.42 Å². The highest BCUT2D eigenvalue weighted by Gasteiger charge is 2.48. The molecule has 0 unspecified atom stereocenters. The Morgan fingerprint density at radius 2 is 1.73 bits per heavy atom. The Morgan fingerprint density at radius 3 is 2.42 bits per heavy atom. The van der Waals surface area contributed by atoms with E-state index in [1.807, 2.05) is 19.1 Å². The lowest BCUT2D eigenvalue weighted by molar-refractivity contribution is 0.113. The van der Waals surface area contributed by atoms with Gasteiger partial charge < -0.3 is 0 Å². The average molecular weight is 371 g/mol. The minimum atomic E-state index is -3.52. The summed E-state index contributed by atoms with van der Waals surface area (Å²) >= 11 is 0. The molecule has 2 aromatic rings. The second kappa shape index (κ2) is 6.48. The number of fused-ring (bicyclic) bond motifs is 3. The van der Waals surface area contributed by atoms with Crippen LogP contribution in [-0.4, -0.2) is 36.9 Å². The van der Waals surface area contributed by atoms with Crippen molar-refractivity contribution in [2.75, 3.05) is 13.1 Å². The van der Waals surface area contributed by atoms with Gasteiger partial charge in [-0.2, -0.15) is 4.31 Å². The summed E-state index contributed by atoms with van der Waals surface area (Å²) < 4.78 is 28.6. The third-order valence-corrected chi connectivity index (χ3v) is 7.52. The molecule has 2 aromatic carbocycles. The Morgan fingerprint density at radius 1 is 1.04 bits per heavy atom. The SMILES string of the molecule is Cc1ccc(S(=O)(=O)N2C[C@H]3c4ccccc4CCN3[C@@H]2C(C)C)cc1. The summed E-state index contributed by atoms with van der Waals surface area (Å²) in [7, 11) is -3.52. The van der Waals surface area contributed by atoms with Crippen molar-refractivity contribution >= 4 is 10.0 Å². The molecule has 1 saturated heterocycles. The summed E-state index contributed by atoms with van der Waals surface area (Å²) in [5.41, 5.74) is 3.70. The van der Waals surface area contributed by atoms with Crippen LogP contribution < -0.4 is 0 Å². The Hall–Kier alpha value is -1.69. The van der Waals surface area contributed by atoms with Crippen molar-refractivity contribution in [3.8, 4) is 0 Å². The van der Waals surface area contributed by atoms with E-state index in [0.29, 0.717) is 11.4 Å². The third-order valence-electron chi connectivity index (χ3n) is 5.67. The summed E-state index contributed by atoms with van der Waals surface area (Å²) in [6, 6.07) is 15.8. The zero-order valence-corrected chi connectivity index (χ0v) is 16.4. The second-order valence-electron chi connectivity index (χ2n) is 7.75. The van der Waals surface area contributed by atoms with Gasteiger partial charge in [0.25, 0.3) is 0 Å². The van der Waals surface area contributed by atoms with E-state index < -0.39 is 10.0 Å². The van der Waals surface area contributed by atoms with Crippen molar-refractivity contribution in [3.63, 3.8) is 0 Å². The lowest BCUT2D eigenvalue weighted by Gasteiger charge is -2.37. The molecule has 0 saturated carbocycles. The number of sulfonamides is 1. The number of benzene rings is 2. The fourth-order valence-electron chi connectivity index (χ4n) is 4.44. The van der Waals surface area contributed by atoms with Crippen LogP contribution in [-0.2, 0) is 16.4 Å². The summed E-state index contributed by atoms with van der Waals surface area (Å²) in [6.07, 6.45) is 0.883. The quantitative estimate of drug-likeness (QED) is 0.829. The molecule has 5 heteroatoms. The molecule has 4 rings (SSSR count). The fourth-order valence-corrected chi connectivity index (χ4v) is 6.17. The number of hydrogen-bond donors (Lipinski definition) is 0. The van der Waals surface area contributed by atoms with Crippen LogP contribution in [0.25, 0.3) is 0 Å². The Balaban J connectivity index is 1.76. The van der Waals surface area contributed by atoms with Gasteiger partial charge in [-0.25, -0.2) is 8.42 Å². The van der Waals surface area contributed by atoms with Crippen molar-refractivity contribution in [2.45, 2.75) is 44.3 Å². The molecule has 2 aliphatic heterocycles. The van der Waals surface area contributed by atoms with E-state index in [2.05, 4.69) is 43.0 Å². The molecular formula is C21H26N2O2S. The predicted octanol–water partition coefficient (Wildman–Crippen LogP) is 3.58. The molecule has 2 atom stereocenters. The van der Waals surface area contributed by atoms with Crippen LogP contribution in [0.3, 0.4) is 0 Å². The molecule has 0 aromatic heterocycles. The average Bonchev–Trinajstić information content (AvgIpc) is 3.03. The molecule has 0 aliphatic carbocycles. The van der Waals surface area contributed by atoms with Gasteiger partial charge in [-0.05, 0) is 42.5 Å². The molecule has 2 aliphatic rings. The van der Waals surface area contributed by atoms with E-state index in [1.165, 1.54) is 11.1 Å². The molecule has 0 spiro atoms. The maximum Gasteiger partial charge on any atom is 0.244 e. The first-order valence-corrected chi connectivity index (χ1v) is 10.8. The highest BCUT2D eigenvalue weighted by molar-refractivity contribution is 7.89. The second-order valence-corrected chi connectivity index (χ2v) is 9.64. The predicted molar refractivity (Wildman–Crippen MR) is 103 cm³/mol. The standard InChI is InChI=1S/C21H26N2O2S/c1-15(2)21-22-13-12-17-6-4-5-7-19(17)20(22)14-23(21)26(24,25)18-10-8-16(3)9-11-18/h4-11,15,20-21H,12-14H2,1-3H3/t20-,21-/m0/s1. The molecule has 0 amide bonds. The molecule has 4 nitrogen and oxygen atoms in total. The van der Waals surface area contributed by atoms with Crippen molar-refractivity contribution in [2.24, 2.45) is 5.92 Å². The Labute approximate surface area is 156 Å². The zero-order valence-electron chi connectivity index (χ0n) is 15.6. The summed E-state index contributed by atoms with van der Waals surface area (Å²) in [6.45, 7) is 7.64. The molecule has 2 heterocycles. The zero-order chi connectivity index (χ0) is 18.5. The van der Waals surface area contributed by atoms with Gasteiger partial charge in [-0.1, -0.05) is 55.8 Å². The lowest BCUT2D eigenvalue weighted by Crippen LogP contribution is -2.47. The van der Waals surface area contributed by atoms with Gasteiger partial charge in [0.2, 0.25) is 10.0 Å². The van der Waals surface area contributed by atoms with E-state index in [9.17, 15) is 8.42 Å². The van der Waals surface area contributed by atoms with Crippen LogP contribution in [0.2, 0.25) is 0 Å². The number of hydrogen-bond acceptors (Lipinski definition) is 3. The number of aryl methyl sites for hydroxylation is 1. The number of rotatable bonds is 3. The summed E-state index contributed by atoms with van der Waals surface area (Å²) in [5.74, 6) is 0.227. The Kier molecular flexibility index (Phi) is 4.41. The van der Waals surface area contributed by atoms with Crippen LogP contribution in [0.15, 0.2) is 53.4 Å². The fraction of sp³-hybridized carbons (Fsp3) is 0.429. The first kappa shape index (κ1) is 17.7. The van der Waals surface area contributed by atoms with E-state index in [-0.39, 0.29) is 18.1 Å². The van der Waals surface area contributed by atoms with Crippen molar-refractivity contribution in [3.05, 3.63) is 65.2 Å².